The molecule has 0 aromatic heterocycles. The predicted octanol–water partition coefficient (Wildman–Crippen LogP) is -1.71. The minimum Gasteiger partial charge on any atom is -0.469 e. The molecule has 0 spiro atoms. The zero-order valence-corrected chi connectivity index (χ0v) is 10.1. The first-order chi connectivity index (χ1) is 7.94. The zero-order valence-electron chi connectivity index (χ0n) is 9.26. The number of carbonyl (C=O) groups is 2. The quantitative estimate of drug-likeness (QED) is 0.554. The molecule has 0 saturated carbocycles. The highest BCUT2D eigenvalue weighted by Crippen LogP contribution is 2.01. The summed E-state index contributed by atoms with van der Waals surface area (Å²) in [5.74, 6) is -1.24. The molecule has 98 valence electrons. The Morgan fingerprint density at radius 3 is 2.88 bits per heavy atom. The number of hydrogen-bond donors (Lipinski definition) is 2. The number of methoxy groups -OCH3 is 1. The number of rotatable bonds is 6. The van der Waals surface area contributed by atoms with E-state index in [4.69, 9.17) is 0 Å². The standard InChI is InChI=1S/C8H14N2O6S/c1-15-7(11)3-2-4-17(13,14)10-6-5-16-9-8(6)12/h6,10H,2-5H2,1H3,(H,9,12)/t6-/m1/s1. The first-order valence-electron chi connectivity index (χ1n) is 4.93. The molecule has 0 aromatic rings. The molecule has 17 heavy (non-hydrogen) atoms. The van der Waals surface area contributed by atoms with Crippen molar-refractivity contribution in [2.45, 2.75) is 18.9 Å². The van der Waals surface area contributed by atoms with E-state index in [9.17, 15) is 18.0 Å². The van der Waals surface area contributed by atoms with Gasteiger partial charge in [0.15, 0.2) is 0 Å². The molecule has 1 aliphatic heterocycles. The van der Waals surface area contributed by atoms with Crippen LogP contribution in [-0.2, 0) is 29.2 Å². The molecule has 1 aliphatic rings. The third-order valence-corrected chi connectivity index (χ3v) is 3.55. The third kappa shape index (κ3) is 4.67. The lowest BCUT2D eigenvalue weighted by molar-refractivity contribution is -0.140. The fraction of sp³-hybridized carbons (Fsp3) is 0.750. The lowest BCUT2D eigenvalue weighted by atomic mass is 10.3. The van der Waals surface area contributed by atoms with Crippen LogP contribution in [0.15, 0.2) is 0 Å². The molecule has 1 atom stereocenters. The van der Waals surface area contributed by atoms with Crippen molar-refractivity contribution >= 4 is 21.9 Å². The second-order valence-electron chi connectivity index (χ2n) is 3.45. The van der Waals surface area contributed by atoms with Crippen LogP contribution in [0.4, 0.5) is 0 Å². The normalized spacial score (nSPS) is 20.1. The minimum atomic E-state index is -3.60. The van der Waals surface area contributed by atoms with Gasteiger partial charge in [-0.05, 0) is 6.42 Å². The van der Waals surface area contributed by atoms with Gasteiger partial charge >= 0.3 is 5.97 Å². The number of amides is 1. The van der Waals surface area contributed by atoms with Crippen molar-refractivity contribution in [3.8, 4) is 0 Å². The Kier molecular flexibility index (Phi) is 4.85. The lowest BCUT2D eigenvalue weighted by Crippen LogP contribution is -2.42. The van der Waals surface area contributed by atoms with E-state index in [0.29, 0.717) is 0 Å². The molecule has 1 rings (SSSR count). The number of nitrogens with one attached hydrogen (secondary N) is 2. The van der Waals surface area contributed by atoms with E-state index in [1.165, 1.54) is 7.11 Å². The van der Waals surface area contributed by atoms with Gasteiger partial charge in [0, 0.05) is 6.42 Å². The van der Waals surface area contributed by atoms with Gasteiger partial charge in [-0.1, -0.05) is 0 Å². The molecule has 2 N–H and O–H groups in total. The number of carbonyl (C=O) groups excluding carboxylic acids is 2. The molecule has 1 saturated heterocycles. The van der Waals surface area contributed by atoms with Gasteiger partial charge in [-0.3, -0.25) is 14.4 Å². The summed E-state index contributed by atoms with van der Waals surface area (Å²) >= 11 is 0. The Morgan fingerprint density at radius 1 is 1.65 bits per heavy atom. The van der Waals surface area contributed by atoms with Gasteiger partial charge in [0.05, 0.1) is 12.9 Å². The Bertz CT molecular complexity index is 393. The molecule has 1 fully saturated rings. The Balaban J connectivity index is 2.35. The van der Waals surface area contributed by atoms with Crippen molar-refractivity contribution in [3.63, 3.8) is 0 Å². The fourth-order valence-corrected chi connectivity index (χ4v) is 2.47. The Hall–Kier alpha value is -1.19. The van der Waals surface area contributed by atoms with Crippen LogP contribution in [0.3, 0.4) is 0 Å². The lowest BCUT2D eigenvalue weighted by Gasteiger charge is -2.08. The van der Waals surface area contributed by atoms with Gasteiger partial charge in [-0.25, -0.2) is 18.6 Å². The summed E-state index contributed by atoms with van der Waals surface area (Å²) < 4.78 is 29.6. The maximum Gasteiger partial charge on any atom is 0.305 e. The molecule has 1 heterocycles. The second-order valence-corrected chi connectivity index (χ2v) is 5.32. The molecule has 0 bridgehead atoms. The van der Waals surface area contributed by atoms with Crippen molar-refractivity contribution in [1.82, 2.24) is 10.2 Å². The average molecular weight is 266 g/mol. The minimum absolute atomic E-state index is 0.0186. The van der Waals surface area contributed by atoms with Gasteiger partial charge < -0.3 is 4.74 Å². The van der Waals surface area contributed by atoms with Crippen LogP contribution in [0.1, 0.15) is 12.8 Å². The van der Waals surface area contributed by atoms with Gasteiger partial charge in [0.1, 0.15) is 12.6 Å². The SMILES string of the molecule is COC(=O)CCCS(=O)(=O)N[C@@H]1CONC1=O. The van der Waals surface area contributed by atoms with Crippen molar-refractivity contribution in [2.24, 2.45) is 0 Å². The second kappa shape index (κ2) is 5.94. The summed E-state index contributed by atoms with van der Waals surface area (Å²) in [6, 6.07) is -0.905. The van der Waals surface area contributed by atoms with E-state index in [-0.39, 0.29) is 25.2 Å². The van der Waals surface area contributed by atoms with Crippen LogP contribution < -0.4 is 10.2 Å². The molecule has 8 nitrogen and oxygen atoms in total. The maximum atomic E-state index is 11.5. The van der Waals surface area contributed by atoms with E-state index in [1.807, 2.05) is 5.48 Å². The van der Waals surface area contributed by atoms with Gasteiger partial charge in [0.25, 0.3) is 5.91 Å². The molecular weight excluding hydrogens is 252 g/mol. The van der Waals surface area contributed by atoms with Crippen molar-refractivity contribution in [3.05, 3.63) is 0 Å². The third-order valence-electron chi connectivity index (χ3n) is 2.08. The fourth-order valence-electron chi connectivity index (χ4n) is 1.21. The van der Waals surface area contributed by atoms with Crippen LogP contribution in [0, 0.1) is 0 Å². The number of esters is 1. The van der Waals surface area contributed by atoms with E-state index in [2.05, 4.69) is 14.3 Å². The summed E-state index contributed by atoms with van der Waals surface area (Å²) in [7, 11) is -2.37. The van der Waals surface area contributed by atoms with Crippen molar-refractivity contribution in [2.75, 3.05) is 19.5 Å². The molecule has 0 unspecified atom stereocenters. The molecule has 0 aliphatic carbocycles. The first kappa shape index (κ1) is 13.9. The highest BCUT2D eigenvalue weighted by atomic mass is 32.2. The van der Waals surface area contributed by atoms with Crippen LogP contribution in [0.2, 0.25) is 0 Å². The summed E-state index contributed by atoms with van der Waals surface area (Å²) in [6.07, 6.45) is 0.155. The first-order valence-corrected chi connectivity index (χ1v) is 6.58. The summed E-state index contributed by atoms with van der Waals surface area (Å²) in [6.45, 7) is -0.0466. The summed E-state index contributed by atoms with van der Waals surface area (Å²) in [4.78, 5) is 26.4. The maximum absolute atomic E-state index is 11.5. The number of hydroxylamine groups is 1. The van der Waals surface area contributed by atoms with E-state index in [1.54, 1.807) is 0 Å². The molecule has 9 heteroatoms. The van der Waals surface area contributed by atoms with E-state index in [0.717, 1.165) is 0 Å². The van der Waals surface area contributed by atoms with E-state index >= 15 is 0 Å². The van der Waals surface area contributed by atoms with Crippen LogP contribution in [0.25, 0.3) is 0 Å². The van der Waals surface area contributed by atoms with Crippen molar-refractivity contribution in [1.29, 1.82) is 0 Å². The smallest absolute Gasteiger partial charge is 0.305 e. The molecule has 0 aromatic carbocycles. The highest BCUT2D eigenvalue weighted by molar-refractivity contribution is 7.89. The molecule has 0 radical (unpaired) electrons. The van der Waals surface area contributed by atoms with Crippen LogP contribution >= 0.6 is 0 Å². The Labute approximate surface area is 98.7 Å². The summed E-state index contributed by atoms with van der Waals surface area (Å²) in [5, 5.41) is 0. The zero-order chi connectivity index (χ0) is 12.9. The van der Waals surface area contributed by atoms with Gasteiger partial charge in [-0.2, -0.15) is 0 Å². The van der Waals surface area contributed by atoms with Crippen LogP contribution in [0.5, 0.6) is 0 Å². The predicted molar refractivity (Wildman–Crippen MR) is 56.1 cm³/mol. The number of sulfonamides is 1. The monoisotopic (exact) mass is 266 g/mol. The molecule has 1 amide bonds. The van der Waals surface area contributed by atoms with E-state index < -0.39 is 27.9 Å². The summed E-state index contributed by atoms with van der Waals surface area (Å²) in [5.41, 5.74) is 2.04. The van der Waals surface area contributed by atoms with Gasteiger partial charge in [-0.15, -0.1) is 0 Å². The number of hydrogen-bond acceptors (Lipinski definition) is 6. The number of ether oxygens (including phenoxy) is 1. The highest BCUT2D eigenvalue weighted by Gasteiger charge is 2.29. The Morgan fingerprint density at radius 2 is 2.35 bits per heavy atom. The van der Waals surface area contributed by atoms with Gasteiger partial charge in [0.2, 0.25) is 10.0 Å². The van der Waals surface area contributed by atoms with Crippen LogP contribution in [-0.4, -0.2) is 45.8 Å². The molecular formula is C8H14N2O6S. The topological polar surface area (TPSA) is 111 Å². The van der Waals surface area contributed by atoms with Crippen molar-refractivity contribution < 1.29 is 27.6 Å². The average Bonchev–Trinajstić information content (AvgIpc) is 2.63. The largest absolute Gasteiger partial charge is 0.469 e.